The lowest BCUT2D eigenvalue weighted by atomic mass is 10.0. The summed E-state index contributed by atoms with van der Waals surface area (Å²) in [6.45, 7) is 2.83. The molecule has 16 heavy (non-hydrogen) atoms. The Balaban J connectivity index is 2.33. The summed E-state index contributed by atoms with van der Waals surface area (Å²) in [6.07, 6.45) is 3.88. The molecule has 0 atom stereocenters. The van der Waals surface area contributed by atoms with Crippen LogP contribution >= 0.6 is 0 Å². The Labute approximate surface area is 95.7 Å². The Morgan fingerprint density at radius 1 is 1.31 bits per heavy atom. The summed E-state index contributed by atoms with van der Waals surface area (Å²) in [7, 11) is 0. The molecule has 0 fully saturated rings. The number of benzene rings is 1. The molecule has 3 N–H and O–H groups in total. The first-order valence-corrected chi connectivity index (χ1v) is 5.61. The Hall–Kier alpha value is -1.61. The van der Waals surface area contributed by atoms with Gasteiger partial charge in [-0.3, -0.25) is 5.10 Å². The maximum atomic E-state index is 5.53. The van der Waals surface area contributed by atoms with Crippen LogP contribution in [0.2, 0.25) is 0 Å². The number of nitrogens with two attached hydrogens (primary N) is 1. The summed E-state index contributed by atoms with van der Waals surface area (Å²) in [5.41, 5.74) is 10.4. The Morgan fingerprint density at radius 2 is 2.12 bits per heavy atom. The first kappa shape index (κ1) is 10.9. The van der Waals surface area contributed by atoms with Gasteiger partial charge < -0.3 is 5.73 Å². The summed E-state index contributed by atoms with van der Waals surface area (Å²) >= 11 is 0. The smallest absolute Gasteiger partial charge is 0.0684 e. The van der Waals surface area contributed by atoms with Crippen LogP contribution in [0.4, 0.5) is 0 Å². The zero-order chi connectivity index (χ0) is 11.4. The molecular formula is C13H17N3. The molecule has 1 heterocycles. The van der Waals surface area contributed by atoms with Crippen LogP contribution in [-0.2, 0) is 6.42 Å². The van der Waals surface area contributed by atoms with E-state index in [9.17, 15) is 0 Å². The lowest BCUT2D eigenvalue weighted by Gasteiger charge is -2.05. The van der Waals surface area contributed by atoms with Crippen LogP contribution in [0.25, 0.3) is 11.3 Å². The average Bonchev–Trinajstić information content (AvgIpc) is 2.75. The van der Waals surface area contributed by atoms with Gasteiger partial charge in [0.1, 0.15) is 0 Å². The normalized spacial score (nSPS) is 10.6. The van der Waals surface area contributed by atoms with E-state index in [1.807, 2.05) is 6.20 Å². The number of rotatable bonds is 4. The third-order valence-electron chi connectivity index (χ3n) is 2.78. The molecule has 0 aliphatic carbocycles. The zero-order valence-corrected chi connectivity index (χ0v) is 9.53. The van der Waals surface area contributed by atoms with E-state index in [4.69, 9.17) is 5.73 Å². The second-order valence-electron chi connectivity index (χ2n) is 3.98. The molecule has 0 aliphatic rings. The maximum Gasteiger partial charge on any atom is 0.0684 e. The van der Waals surface area contributed by atoms with Gasteiger partial charge in [0.05, 0.1) is 11.9 Å². The van der Waals surface area contributed by atoms with E-state index < -0.39 is 0 Å². The lowest BCUT2D eigenvalue weighted by molar-refractivity contribution is 0.834. The molecule has 0 amide bonds. The molecular weight excluding hydrogens is 198 g/mol. The molecule has 1 aromatic carbocycles. The molecule has 84 valence electrons. The van der Waals surface area contributed by atoms with Crippen LogP contribution in [0.3, 0.4) is 0 Å². The monoisotopic (exact) mass is 215 g/mol. The number of hydrogen-bond acceptors (Lipinski definition) is 2. The van der Waals surface area contributed by atoms with Crippen LogP contribution in [-0.4, -0.2) is 16.7 Å². The van der Waals surface area contributed by atoms with Gasteiger partial charge in [0.15, 0.2) is 0 Å². The highest BCUT2D eigenvalue weighted by atomic mass is 15.1. The molecule has 0 saturated carbocycles. The summed E-state index contributed by atoms with van der Waals surface area (Å²) in [4.78, 5) is 0. The molecule has 0 unspecified atom stereocenters. The van der Waals surface area contributed by atoms with Gasteiger partial charge in [0, 0.05) is 5.56 Å². The maximum absolute atomic E-state index is 5.53. The Morgan fingerprint density at radius 3 is 2.88 bits per heavy atom. The molecule has 1 aromatic heterocycles. The fraction of sp³-hybridized carbons (Fsp3) is 0.308. The second-order valence-corrected chi connectivity index (χ2v) is 3.98. The predicted molar refractivity (Wildman–Crippen MR) is 66.1 cm³/mol. The highest BCUT2D eigenvalue weighted by Crippen LogP contribution is 2.24. The van der Waals surface area contributed by atoms with Gasteiger partial charge >= 0.3 is 0 Å². The highest BCUT2D eigenvalue weighted by molar-refractivity contribution is 5.66. The Kier molecular flexibility index (Phi) is 3.37. The fourth-order valence-electron chi connectivity index (χ4n) is 1.88. The van der Waals surface area contributed by atoms with Crippen molar-refractivity contribution in [2.45, 2.75) is 19.8 Å². The number of aryl methyl sites for hydroxylation is 2. The van der Waals surface area contributed by atoms with Crippen molar-refractivity contribution in [3.63, 3.8) is 0 Å². The van der Waals surface area contributed by atoms with Gasteiger partial charge in [-0.15, -0.1) is 0 Å². The Bertz CT molecular complexity index is 460. The molecule has 3 nitrogen and oxygen atoms in total. The number of nitrogens with one attached hydrogen (secondary N) is 1. The van der Waals surface area contributed by atoms with Crippen LogP contribution in [0, 0.1) is 6.92 Å². The van der Waals surface area contributed by atoms with Gasteiger partial charge in [-0.1, -0.05) is 24.3 Å². The quantitative estimate of drug-likeness (QED) is 0.822. The third kappa shape index (κ3) is 2.14. The van der Waals surface area contributed by atoms with Crippen molar-refractivity contribution in [2.24, 2.45) is 5.73 Å². The van der Waals surface area contributed by atoms with Crippen molar-refractivity contribution >= 4 is 0 Å². The minimum atomic E-state index is 0.721. The summed E-state index contributed by atoms with van der Waals surface area (Å²) in [5.74, 6) is 0. The van der Waals surface area contributed by atoms with Crippen LogP contribution < -0.4 is 5.73 Å². The van der Waals surface area contributed by atoms with Gasteiger partial charge in [-0.05, 0) is 37.4 Å². The largest absolute Gasteiger partial charge is 0.330 e. The van der Waals surface area contributed by atoms with E-state index in [-0.39, 0.29) is 0 Å². The van der Waals surface area contributed by atoms with Gasteiger partial charge in [-0.25, -0.2) is 0 Å². The number of H-pyrrole nitrogens is 1. The fourth-order valence-corrected chi connectivity index (χ4v) is 1.88. The molecule has 3 heteroatoms. The topological polar surface area (TPSA) is 54.7 Å². The lowest BCUT2D eigenvalue weighted by Crippen LogP contribution is -2.00. The molecule has 0 bridgehead atoms. The molecule has 0 spiro atoms. The molecule has 2 rings (SSSR count). The molecule has 2 aromatic rings. The van der Waals surface area contributed by atoms with Crippen molar-refractivity contribution in [1.29, 1.82) is 0 Å². The summed E-state index contributed by atoms with van der Waals surface area (Å²) in [5, 5.41) is 7.21. The highest BCUT2D eigenvalue weighted by Gasteiger charge is 2.08. The first-order chi connectivity index (χ1) is 7.83. The summed E-state index contributed by atoms with van der Waals surface area (Å²) in [6, 6.07) is 8.34. The van der Waals surface area contributed by atoms with Crippen molar-refractivity contribution in [2.75, 3.05) is 6.54 Å². The number of nitrogens with zero attached hydrogens (tertiary/aromatic N) is 1. The SMILES string of the molecule is Cc1ccccc1-c1[nH]ncc1CCCN. The van der Waals surface area contributed by atoms with Crippen molar-refractivity contribution in [3.8, 4) is 11.3 Å². The van der Waals surface area contributed by atoms with Crippen molar-refractivity contribution in [3.05, 3.63) is 41.6 Å². The van der Waals surface area contributed by atoms with Gasteiger partial charge in [-0.2, -0.15) is 5.10 Å². The van der Waals surface area contributed by atoms with Crippen LogP contribution in [0.15, 0.2) is 30.5 Å². The van der Waals surface area contributed by atoms with E-state index in [0.29, 0.717) is 0 Å². The third-order valence-corrected chi connectivity index (χ3v) is 2.78. The van der Waals surface area contributed by atoms with Crippen LogP contribution in [0.5, 0.6) is 0 Å². The molecule has 0 saturated heterocycles. The minimum Gasteiger partial charge on any atom is -0.330 e. The molecule has 0 aliphatic heterocycles. The standard InChI is InChI=1S/C13H17N3/c1-10-5-2-3-7-12(10)13-11(6-4-8-14)9-15-16-13/h2-3,5,7,9H,4,6,8,14H2,1H3,(H,15,16). The van der Waals surface area contributed by atoms with E-state index in [2.05, 4.69) is 41.4 Å². The van der Waals surface area contributed by atoms with Crippen molar-refractivity contribution in [1.82, 2.24) is 10.2 Å². The van der Waals surface area contributed by atoms with E-state index in [1.54, 1.807) is 0 Å². The van der Waals surface area contributed by atoms with E-state index in [0.717, 1.165) is 25.1 Å². The zero-order valence-electron chi connectivity index (χ0n) is 9.53. The van der Waals surface area contributed by atoms with E-state index in [1.165, 1.54) is 16.7 Å². The summed E-state index contributed by atoms with van der Waals surface area (Å²) < 4.78 is 0. The van der Waals surface area contributed by atoms with E-state index >= 15 is 0 Å². The minimum absolute atomic E-state index is 0.721. The van der Waals surface area contributed by atoms with Gasteiger partial charge in [0.25, 0.3) is 0 Å². The molecule has 0 radical (unpaired) electrons. The van der Waals surface area contributed by atoms with Crippen molar-refractivity contribution < 1.29 is 0 Å². The van der Waals surface area contributed by atoms with Gasteiger partial charge in [0.2, 0.25) is 0 Å². The second kappa shape index (κ2) is 4.94. The average molecular weight is 215 g/mol. The number of aromatic nitrogens is 2. The first-order valence-electron chi connectivity index (χ1n) is 5.61. The predicted octanol–water partition coefficient (Wildman–Crippen LogP) is 2.28. The van der Waals surface area contributed by atoms with Crippen LogP contribution in [0.1, 0.15) is 17.5 Å². The number of aromatic amines is 1. The number of hydrogen-bond donors (Lipinski definition) is 2.